The van der Waals surface area contributed by atoms with Gasteiger partial charge in [0, 0.05) is 18.0 Å². The number of carbonyl (C=O) groups is 3. The number of amides is 2. The summed E-state index contributed by atoms with van der Waals surface area (Å²) in [6.07, 6.45) is -0.0493. The van der Waals surface area contributed by atoms with Crippen molar-refractivity contribution >= 4 is 75.6 Å². The maximum absolute atomic E-state index is 12.3. The SMILES string of the molecule is O=C(COC(=O)[C@H]1CC(=O)N(c2cccc(Cl)c2Cl)C1)Nc1ccc(Cl)cc1Cl. The van der Waals surface area contributed by atoms with Crippen LogP contribution < -0.4 is 10.2 Å². The summed E-state index contributed by atoms with van der Waals surface area (Å²) in [5.74, 6) is -2.23. The Morgan fingerprint density at radius 2 is 1.86 bits per heavy atom. The van der Waals surface area contributed by atoms with Crippen LogP contribution in [-0.4, -0.2) is 30.9 Å². The van der Waals surface area contributed by atoms with Crippen LogP contribution in [0.1, 0.15) is 6.42 Å². The molecule has 1 fully saturated rings. The van der Waals surface area contributed by atoms with Gasteiger partial charge < -0.3 is 15.0 Å². The first-order valence-electron chi connectivity index (χ1n) is 8.42. The van der Waals surface area contributed by atoms with Gasteiger partial charge in [-0.3, -0.25) is 14.4 Å². The quantitative estimate of drug-likeness (QED) is 0.628. The van der Waals surface area contributed by atoms with Crippen molar-refractivity contribution in [2.75, 3.05) is 23.4 Å². The van der Waals surface area contributed by atoms with Gasteiger partial charge in [-0.15, -0.1) is 0 Å². The molecule has 3 rings (SSSR count). The smallest absolute Gasteiger partial charge is 0.311 e. The molecule has 0 aromatic heterocycles. The molecule has 2 aromatic rings. The minimum absolute atomic E-state index is 0.0493. The number of ether oxygens (including phenoxy) is 1. The molecule has 0 unspecified atom stereocenters. The van der Waals surface area contributed by atoms with E-state index in [9.17, 15) is 14.4 Å². The molecule has 0 aliphatic carbocycles. The maximum atomic E-state index is 12.3. The Bertz CT molecular complexity index is 983. The van der Waals surface area contributed by atoms with Crippen molar-refractivity contribution in [2.45, 2.75) is 6.42 Å². The lowest BCUT2D eigenvalue weighted by Gasteiger charge is -2.18. The number of benzene rings is 2. The zero-order valence-electron chi connectivity index (χ0n) is 14.8. The third kappa shape index (κ3) is 5.14. The highest BCUT2D eigenvalue weighted by molar-refractivity contribution is 6.44. The summed E-state index contributed by atoms with van der Waals surface area (Å²) in [5, 5.41) is 3.75. The van der Waals surface area contributed by atoms with Crippen molar-refractivity contribution in [3.05, 3.63) is 56.5 Å². The van der Waals surface area contributed by atoms with Crippen LogP contribution in [0.15, 0.2) is 36.4 Å². The first-order valence-corrected chi connectivity index (χ1v) is 9.93. The average Bonchev–Trinajstić information content (AvgIpc) is 3.06. The van der Waals surface area contributed by atoms with Crippen LogP contribution in [0, 0.1) is 5.92 Å². The zero-order valence-corrected chi connectivity index (χ0v) is 17.8. The largest absolute Gasteiger partial charge is 0.455 e. The molecular weight excluding hydrogens is 462 g/mol. The van der Waals surface area contributed by atoms with Crippen LogP contribution in [0.5, 0.6) is 0 Å². The normalized spacial score (nSPS) is 16.1. The molecule has 152 valence electrons. The van der Waals surface area contributed by atoms with E-state index >= 15 is 0 Å². The first-order chi connectivity index (χ1) is 13.8. The van der Waals surface area contributed by atoms with E-state index in [2.05, 4.69) is 5.32 Å². The molecule has 0 spiro atoms. The molecule has 2 amide bonds. The number of rotatable bonds is 5. The van der Waals surface area contributed by atoms with E-state index in [-0.39, 0.29) is 28.9 Å². The minimum Gasteiger partial charge on any atom is -0.455 e. The second-order valence-corrected chi connectivity index (χ2v) is 7.89. The predicted molar refractivity (Wildman–Crippen MR) is 113 cm³/mol. The monoisotopic (exact) mass is 474 g/mol. The van der Waals surface area contributed by atoms with Crippen molar-refractivity contribution < 1.29 is 19.1 Å². The molecule has 1 aliphatic heterocycles. The van der Waals surface area contributed by atoms with E-state index in [0.29, 0.717) is 21.4 Å². The molecule has 10 heteroatoms. The van der Waals surface area contributed by atoms with Gasteiger partial charge in [-0.05, 0) is 30.3 Å². The summed E-state index contributed by atoms with van der Waals surface area (Å²) in [6.45, 7) is -0.428. The number of hydrogen-bond acceptors (Lipinski definition) is 4. The van der Waals surface area contributed by atoms with E-state index < -0.39 is 24.4 Å². The number of nitrogens with one attached hydrogen (secondary N) is 1. The highest BCUT2D eigenvalue weighted by Crippen LogP contribution is 2.36. The average molecular weight is 476 g/mol. The number of carbonyl (C=O) groups excluding carboxylic acids is 3. The summed E-state index contributed by atoms with van der Waals surface area (Å²) in [5.41, 5.74) is 0.768. The molecule has 0 radical (unpaired) electrons. The lowest BCUT2D eigenvalue weighted by atomic mass is 10.1. The predicted octanol–water partition coefficient (Wildman–Crippen LogP) is 4.84. The van der Waals surface area contributed by atoms with Crippen LogP contribution in [0.4, 0.5) is 11.4 Å². The topological polar surface area (TPSA) is 75.7 Å². The summed E-state index contributed by atoms with van der Waals surface area (Å²) in [4.78, 5) is 38.0. The molecule has 1 N–H and O–H groups in total. The van der Waals surface area contributed by atoms with Gasteiger partial charge in [-0.25, -0.2) is 0 Å². The van der Waals surface area contributed by atoms with Gasteiger partial charge in [0.1, 0.15) is 0 Å². The van der Waals surface area contributed by atoms with Crippen molar-refractivity contribution in [3.8, 4) is 0 Å². The molecule has 6 nitrogen and oxygen atoms in total. The molecule has 0 saturated carbocycles. The van der Waals surface area contributed by atoms with Crippen LogP contribution in [-0.2, 0) is 19.1 Å². The Labute approximate surface area is 186 Å². The Hall–Kier alpha value is -1.99. The van der Waals surface area contributed by atoms with Gasteiger partial charge in [0.2, 0.25) is 5.91 Å². The molecule has 29 heavy (non-hydrogen) atoms. The highest BCUT2D eigenvalue weighted by Gasteiger charge is 2.37. The van der Waals surface area contributed by atoms with Crippen molar-refractivity contribution in [3.63, 3.8) is 0 Å². The fourth-order valence-corrected chi connectivity index (χ4v) is 3.68. The van der Waals surface area contributed by atoms with E-state index in [1.165, 1.54) is 17.0 Å². The van der Waals surface area contributed by atoms with Crippen LogP contribution in [0.2, 0.25) is 20.1 Å². The fraction of sp³-hybridized carbons (Fsp3) is 0.211. The Morgan fingerprint density at radius 1 is 1.10 bits per heavy atom. The number of esters is 1. The summed E-state index contributed by atoms with van der Waals surface area (Å²) in [7, 11) is 0. The Morgan fingerprint density at radius 3 is 2.59 bits per heavy atom. The van der Waals surface area contributed by atoms with E-state index in [0.717, 1.165) is 0 Å². The van der Waals surface area contributed by atoms with Crippen LogP contribution >= 0.6 is 46.4 Å². The van der Waals surface area contributed by atoms with Gasteiger partial charge in [0.05, 0.1) is 32.4 Å². The number of anilines is 2. The summed E-state index contributed by atoms with van der Waals surface area (Å²) < 4.78 is 5.05. The van der Waals surface area contributed by atoms with Gasteiger partial charge in [0.15, 0.2) is 6.61 Å². The number of halogens is 4. The second kappa shape index (κ2) is 9.22. The Kier molecular flexibility index (Phi) is 6.90. The molecular formula is C19H14Cl4N2O4. The lowest BCUT2D eigenvalue weighted by Crippen LogP contribution is -2.28. The molecule has 1 saturated heterocycles. The van der Waals surface area contributed by atoms with E-state index in [4.69, 9.17) is 51.1 Å². The van der Waals surface area contributed by atoms with Gasteiger partial charge in [0.25, 0.3) is 5.91 Å². The number of nitrogens with zero attached hydrogens (tertiary/aromatic N) is 1. The standard InChI is InChI=1S/C19H14Cl4N2O4/c20-11-4-5-14(13(22)7-11)24-16(26)9-29-19(28)10-6-17(27)25(8-10)15-3-1-2-12(21)18(15)23/h1-5,7,10H,6,8-9H2,(H,24,26)/t10-/m0/s1. The number of hydrogen-bond donors (Lipinski definition) is 1. The van der Waals surface area contributed by atoms with Crippen LogP contribution in [0.3, 0.4) is 0 Å². The molecule has 2 aromatic carbocycles. The molecule has 1 heterocycles. The van der Waals surface area contributed by atoms with Crippen LogP contribution in [0.25, 0.3) is 0 Å². The lowest BCUT2D eigenvalue weighted by molar-refractivity contribution is -0.151. The molecule has 1 atom stereocenters. The Balaban J connectivity index is 1.56. The minimum atomic E-state index is -0.718. The van der Waals surface area contributed by atoms with Crippen molar-refractivity contribution in [1.82, 2.24) is 0 Å². The maximum Gasteiger partial charge on any atom is 0.311 e. The third-order valence-corrected chi connectivity index (χ3v) is 5.59. The van der Waals surface area contributed by atoms with E-state index in [1.54, 1.807) is 24.3 Å². The summed E-state index contributed by atoms with van der Waals surface area (Å²) >= 11 is 23.9. The highest BCUT2D eigenvalue weighted by atomic mass is 35.5. The summed E-state index contributed by atoms with van der Waals surface area (Å²) in [6, 6.07) is 9.48. The van der Waals surface area contributed by atoms with Crippen molar-refractivity contribution in [1.29, 1.82) is 0 Å². The van der Waals surface area contributed by atoms with Gasteiger partial charge >= 0.3 is 5.97 Å². The first kappa shape index (κ1) is 21.7. The third-order valence-electron chi connectivity index (χ3n) is 4.23. The van der Waals surface area contributed by atoms with Gasteiger partial charge in [-0.2, -0.15) is 0 Å². The second-order valence-electron chi connectivity index (χ2n) is 6.26. The van der Waals surface area contributed by atoms with Gasteiger partial charge in [-0.1, -0.05) is 52.5 Å². The van der Waals surface area contributed by atoms with Crippen molar-refractivity contribution in [2.24, 2.45) is 5.92 Å². The fourth-order valence-electron chi connectivity index (χ4n) is 2.83. The molecule has 0 bridgehead atoms. The van der Waals surface area contributed by atoms with E-state index in [1.807, 2.05) is 0 Å². The molecule has 1 aliphatic rings. The zero-order chi connectivity index (χ0) is 21.1.